The summed E-state index contributed by atoms with van der Waals surface area (Å²) in [6.07, 6.45) is 4.44. The van der Waals surface area contributed by atoms with Crippen molar-refractivity contribution in [3.63, 3.8) is 0 Å². The quantitative estimate of drug-likeness (QED) is 0.802. The number of aryl methyl sites for hydroxylation is 1. The second-order valence-electron chi connectivity index (χ2n) is 7.66. The smallest absolute Gasteiger partial charge is 0.262 e. The van der Waals surface area contributed by atoms with E-state index in [1.165, 1.54) is 10.6 Å². The van der Waals surface area contributed by atoms with Crippen LogP contribution >= 0.6 is 0 Å². The maximum atomic E-state index is 12.9. The Kier molecular flexibility index (Phi) is 6.20. The third-order valence-corrected chi connectivity index (χ3v) is 6.83. The molecule has 1 atom stereocenters. The summed E-state index contributed by atoms with van der Waals surface area (Å²) in [6, 6.07) is 8.11. The number of imidazole rings is 1. The number of amides is 1. The summed E-state index contributed by atoms with van der Waals surface area (Å²) in [4.78, 5) is 16.7. The van der Waals surface area contributed by atoms with Crippen LogP contribution in [0.15, 0.2) is 41.8 Å². The van der Waals surface area contributed by atoms with E-state index in [4.69, 9.17) is 0 Å². The molecule has 1 N–H and O–H groups in total. The van der Waals surface area contributed by atoms with E-state index in [-0.39, 0.29) is 29.4 Å². The third kappa shape index (κ3) is 4.62. The lowest BCUT2D eigenvalue weighted by Crippen LogP contribution is -2.45. The van der Waals surface area contributed by atoms with Crippen molar-refractivity contribution in [3.05, 3.63) is 47.9 Å². The van der Waals surface area contributed by atoms with Gasteiger partial charge in [0.15, 0.2) is 5.03 Å². The average Bonchev–Trinajstić information content (AvgIpc) is 3.18. The molecule has 28 heavy (non-hydrogen) atoms. The maximum Gasteiger partial charge on any atom is 0.262 e. The van der Waals surface area contributed by atoms with Crippen LogP contribution in [-0.4, -0.2) is 41.3 Å². The standard InChI is InChI=1S/C20H28N4O3S/c1-15(2)23-13-19(22-14-23)28(26,27)24-9-5-8-18(12-24)20(25)21-11-17-7-4-6-16(3)10-17/h4,6-7,10,13-15,18H,5,8-9,11-12H2,1-3H3,(H,21,25). The average molecular weight is 405 g/mol. The van der Waals surface area contributed by atoms with Gasteiger partial charge in [0.25, 0.3) is 10.0 Å². The number of hydrogen-bond donors (Lipinski definition) is 1. The molecular weight excluding hydrogens is 376 g/mol. The zero-order valence-corrected chi connectivity index (χ0v) is 17.4. The molecule has 152 valence electrons. The highest BCUT2D eigenvalue weighted by Crippen LogP contribution is 2.23. The minimum atomic E-state index is -3.69. The number of nitrogens with one attached hydrogen (secondary N) is 1. The van der Waals surface area contributed by atoms with Gasteiger partial charge in [0.2, 0.25) is 5.91 Å². The van der Waals surface area contributed by atoms with Crippen molar-refractivity contribution in [2.45, 2.75) is 51.2 Å². The van der Waals surface area contributed by atoms with E-state index in [0.717, 1.165) is 11.1 Å². The fourth-order valence-corrected chi connectivity index (χ4v) is 4.84. The molecule has 1 fully saturated rings. The van der Waals surface area contributed by atoms with Gasteiger partial charge in [0, 0.05) is 31.9 Å². The van der Waals surface area contributed by atoms with Crippen LogP contribution in [0, 0.1) is 12.8 Å². The van der Waals surface area contributed by atoms with Gasteiger partial charge in [-0.2, -0.15) is 4.31 Å². The van der Waals surface area contributed by atoms with Gasteiger partial charge >= 0.3 is 0 Å². The van der Waals surface area contributed by atoms with Gasteiger partial charge in [-0.25, -0.2) is 13.4 Å². The highest BCUT2D eigenvalue weighted by molar-refractivity contribution is 7.89. The number of benzene rings is 1. The molecule has 1 aromatic carbocycles. The third-order valence-electron chi connectivity index (χ3n) is 5.08. The molecule has 0 bridgehead atoms. The van der Waals surface area contributed by atoms with E-state index in [2.05, 4.69) is 10.3 Å². The topological polar surface area (TPSA) is 84.3 Å². The number of sulfonamides is 1. The molecule has 0 radical (unpaired) electrons. The molecule has 8 heteroatoms. The summed E-state index contributed by atoms with van der Waals surface area (Å²) < 4.78 is 29.0. The fraction of sp³-hybridized carbons (Fsp3) is 0.500. The molecule has 0 aliphatic carbocycles. The molecule has 2 heterocycles. The molecule has 0 spiro atoms. The van der Waals surface area contributed by atoms with Gasteiger partial charge in [-0.15, -0.1) is 0 Å². The predicted octanol–water partition coefficient (Wildman–Crippen LogP) is 2.49. The lowest BCUT2D eigenvalue weighted by Gasteiger charge is -2.30. The minimum Gasteiger partial charge on any atom is -0.352 e. The first-order valence-electron chi connectivity index (χ1n) is 9.64. The van der Waals surface area contributed by atoms with Gasteiger partial charge in [-0.3, -0.25) is 4.79 Å². The first-order chi connectivity index (χ1) is 13.3. The molecule has 1 amide bonds. The maximum absolute atomic E-state index is 12.9. The molecule has 3 rings (SSSR count). The fourth-order valence-electron chi connectivity index (χ4n) is 3.40. The van der Waals surface area contributed by atoms with E-state index in [1.54, 1.807) is 10.8 Å². The summed E-state index contributed by atoms with van der Waals surface area (Å²) in [7, 11) is -3.69. The molecule has 1 unspecified atom stereocenters. The Morgan fingerprint density at radius 2 is 2.14 bits per heavy atom. The number of nitrogens with zero attached hydrogens (tertiary/aromatic N) is 3. The predicted molar refractivity (Wildman–Crippen MR) is 107 cm³/mol. The number of hydrogen-bond acceptors (Lipinski definition) is 4. The van der Waals surface area contributed by atoms with Crippen molar-refractivity contribution in [2.75, 3.05) is 13.1 Å². The molecule has 1 aliphatic rings. The second kappa shape index (κ2) is 8.45. The highest BCUT2D eigenvalue weighted by atomic mass is 32.2. The molecule has 7 nitrogen and oxygen atoms in total. The number of piperidine rings is 1. The zero-order chi connectivity index (χ0) is 20.3. The molecule has 2 aromatic rings. The van der Waals surface area contributed by atoms with Crippen LogP contribution < -0.4 is 5.32 Å². The van der Waals surface area contributed by atoms with Gasteiger partial charge in [-0.05, 0) is 39.2 Å². The Balaban J connectivity index is 1.64. The van der Waals surface area contributed by atoms with E-state index in [9.17, 15) is 13.2 Å². The van der Waals surface area contributed by atoms with Crippen LogP contribution in [0.4, 0.5) is 0 Å². The Bertz CT molecular complexity index is 936. The van der Waals surface area contributed by atoms with Crippen molar-refractivity contribution in [3.8, 4) is 0 Å². The molecule has 0 saturated carbocycles. The van der Waals surface area contributed by atoms with Gasteiger partial charge < -0.3 is 9.88 Å². The largest absolute Gasteiger partial charge is 0.352 e. The zero-order valence-electron chi connectivity index (χ0n) is 16.6. The normalized spacial score (nSPS) is 18.4. The van der Waals surface area contributed by atoms with E-state index >= 15 is 0 Å². The number of aromatic nitrogens is 2. The van der Waals surface area contributed by atoms with Crippen LogP contribution in [0.25, 0.3) is 0 Å². The molecular formula is C20H28N4O3S. The summed E-state index contributed by atoms with van der Waals surface area (Å²) in [6.45, 7) is 6.99. The van der Waals surface area contributed by atoms with Crippen LogP contribution in [-0.2, 0) is 21.4 Å². The summed E-state index contributed by atoms with van der Waals surface area (Å²) in [5.41, 5.74) is 2.18. The Morgan fingerprint density at radius 3 is 2.82 bits per heavy atom. The number of carbonyl (C=O) groups is 1. The molecule has 1 aliphatic heterocycles. The van der Waals surface area contributed by atoms with E-state index in [1.807, 2.05) is 45.0 Å². The van der Waals surface area contributed by atoms with Crippen molar-refractivity contribution in [1.82, 2.24) is 19.2 Å². The van der Waals surface area contributed by atoms with Crippen LogP contribution in [0.1, 0.15) is 43.9 Å². The first-order valence-corrected chi connectivity index (χ1v) is 11.1. The van der Waals surface area contributed by atoms with Gasteiger partial charge in [-0.1, -0.05) is 29.8 Å². The Hall–Kier alpha value is -2.19. The van der Waals surface area contributed by atoms with Crippen molar-refractivity contribution >= 4 is 15.9 Å². The lowest BCUT2D eigenvalue weighted by atomic mass is 9.98. The SMILES string of the molecule is Cc1cccc(CNC(=O)C2CCCN(S(=O)(=O)c3cn(C(C)C)cn3)C2)c1. The van der Waals surface area contributed by atoms with Crippen LogP contribution in [0.3, 0.4) is 0 Å². The first kappa shape index (κ1) is 20.5. The highest BCUT2D eigenvalue weighted by Gasteiger charge is 2.34. The van der Waals surface area contributed by atoms with Crippen LogP contribution in [0.5, 0.6) is 0 Å². The molecule has 1 aromatic heterocycles. The van der Waals surface area contributed by atoms with Crippen molar-refractivity contribution in [1.29, 1.82) is 0 Å². The molecule has 1 saturated heterocycles. The van der Waals surface area contributed by atoms with Crippen molar-refractivity contribution in [2.24, 2.45) is 5.92 Å². The monoisotopic (exact) mass is 404 g/mol. The van der Waals surface area contributed by atoms with Gasteiger partial charge in [0.05, 0.1) is 12.2 Å². The van der Waals surface area contributed by atoms with Crippen LogP contribution in [0.2, 0.25) is 0 Å². The second-order valence-corrected chi connectivity index (χ2v) is 9.55. The number of carbonyl (C=O) groups excluding carboxylic acids is 1. The summed E-state index contributed by atoms with van der Waals surface area (Å²) >= 11 is 0. The van der Waals surface area contributed by atoms with Crippen molar-refractivity contribution < 1.29 is 13.2 Å². The Morgan fingerprint density at radius 1 is 1.36 bits per heavy atom. The lowest BCUT2D eigenvalue weighted by molar-refractivity contribution is -0.126. The van der Waals surface area contributed by atoms with Gasteiger partial charge in [0.1, 0.15) is 0 Å². The summed E-state index contributed by atoms with van der Waals surface area (Å²) in [5.74, 6) is -0.449. The van der Waals surface area contributed by atoms with E-state index < -0.39 is 10.0 Å². The Labute approximate surface area is 166 Å². The minimum absolute atomic E-state index is 0.0435. The van der Waals surface area contributed by atoms with E-state index in [0.29, 0.717) is 25.9 Å². The number of rotatable bonds is 6. The summed E-state index contributed by atoms with van der Waals surface area (Å²) in [5, 5.41) is 2.99.